The highest BCUT2D eigenvalue weighted by Crippen LogP contribution is 2.33. The number of amides is 1. The van der Waals surface area contributed by atoms with Gasteiger partial charge in [-0.2, -0.15) is 4.98 Å². The van der Waals surface area contributed by atoms with Crippen molar-refractivity contribution in [1.29, 1.82) is 0 Å². The molecule has 4 rings (SSSR count). The first kappa shape index (κ1) is 17.7. The third-order valence-corrected chi connectivity index (χ3v) is 5.19. The van der Waals surface area contributed by atoms with Gasteiger partial charge in [-0.25, -0.2) is 0 Å². The molecular formula is C20H18BrN3O3. The Morgan fingerprint density at radius 3 is 2.85 bits per heavy atom. The Morgan fingerprint density at radius 2 is 2.07 bits per heavy atom. The van der Waals surface area contributed by atoms with Gasteiger partial charge in [-0.3, -0.25) is 4.79 Å². The van der Waals surface area contributed by atoms with Crippen LogP contribution in [0, 0.1) is 0 Å². The van der Waals surface area contributed by atoms with Gasteiger partial charge in [0.25, 0.3) is 5.91 Å². The molecule has 1 unspecified atom stereocenters. The van der Waals surface area contributed by atoms with Gasteiger partial charge in [-0.15, -0.1) is 0 Å². The maximum Gasteiger partial charge on any atom is 0.254 e. The molecule has 7 heteroatoms. The van der Waals surface area contributed by atoms with Gasteiger partial charge in [-0.05, 0) is 55.3 Å². The molecule has 0 saturated carbocycles. The summed E-state index contributed by atoms with van der Waals surface area (Å²) in [4.78, 5) is 19.3. The van der Waals surface area contributed by atoms with Crippen molar-refractivity contribution in [1.82, 2.24) is 15.0 Å². The summed E-state index contributed by atoms with van der Waals surface area (Å²) in [5, 5.41) is 4.10. The number of benzene rings is 2. The molecule has 1 fully saturated rings. The van der Waals surface area contributed by atoms with Crippen molar-refractivity contribution in [2.24, 2.45) is 0 Å². The van der Waals surface area contributed by atoms with Crippen molar-refractivity contribution in [2.75, 3.05) is 13.7 Å². The molecule has 3 aromatic rings. The second kappa shape index (κ2) is 7.52. The van der Waals surface area contributed by atoms with E-state index >= 15 is 0 Å². The number of aromatic nitrogens is 2. The summed E-state index contributed by atoms with van der Waals surface area (Å²) in [7, 11) is 1.59. The number of carbonyl (C=O) groups is 1. The Morgan fingerprint density at radius 1 is 1.26 bits per heavy atom. The zero-order valence-electron chi connectivity index (χ0n) is 14.8. The van der Waals surface area contributed by atoms with Crippen LogP contribution in [0.2, 0.25) is 0 Å². The first-order valence-corrected chi connectivity index (χ1v) is 9.49. The fraction of sp³-hybridized carbons (Fsp3) is 0.250. The van der Waals surface area contributed by atoms with E-state index in [1.807, 2.05) is 36.4 Å². The molecule has 1 aromatic heterocycles. The van der Waals surface area contributed by atoms with E-state index in [0.29, 0.717) is 29.6 Å². The molecule has 0 radical (unpaired) electrons. The maximum atomic E-state index is 13.0. The number of ether oxygens (including phenoxy) is 1. The quantitative estimate of drug-likeness (QED) is 0.613. The summed E-state index contributed by atoms with van der Waals surface area (Å²) in [5.41, 5.74) is 1.46. The largest absolute Gasteiger partial charge is 0.497 e. The highest BCUT2D eigenvalue weighted by Gasteiger charge is 2.34. The molecule has 1 amide bonds. The molecule has 27 heavy (non-hydrogen) atoms. The van der Waals surface area contributed by atoms with Crippen LogP contribution in [-0.2, 0) is 0 Å². The molecule has 1 saturated heterocycles. The lowest BCUT2D eigenvalue weighted by molar-refractivity contribution is 0.0709. The molecule has 0 bridgehead atoms. The standard InChI is InChI=1S/C20H18BrN3O3/c1-26-16-5-2-4-14(12-16)20(25)24-11-3-6-17(24)19-22-18(23-27-19)13-7-9-15(21)10-8-13/h2,4-5,7-10,12,17H,3,6,11H2,1H3. The van der Waals surface area contributed by atoms with Crippen LogP contribution in [0.3, 0.4) is 0 Å². The normalized spacial score (nSPS) is 16.5. The third-order valence-electron chi connectivity index (χ3n) is 4.66. The maximum absolute atomic E-state index is 13.0. The predicted octanol–water partition coefficient (Wildman–Crippen LogP) is 4.49. The van der Waals surface area contributed by atoms with Crippen LogP contribution in [0.4, 0.5) is 0 Å². The van der Waals surface area contributed by atoms with E-state index in [0.717, 1.165) is 22.9 Å². The average Bonchev–Trinajstić information content (AvgIpc) is 3.37. The number of rotatable bonds is 4. The summed E-state index contributed by atoms with van der Waals surface area (Å²) in [5.74, 6) is 1.60. The summed E-state index contributed by atoms with van der Waals surface area (Å²) in [6.07, 6.45) is 1.70. The Hall–Kier alpha value is -2.67. The summed E-state index contributed by atoms with van der Waals surface area (Å²) in [6, 6.07) is 14.7. The summed E-state index contributed by atoms with van der Waals surface area (Å²) < 4.78 is 11.7. The fourth-order valence-electron chi connectivity index (χ4n) is 3.28. The smallest absolute Gasteiger partial charge is 0.254 e. The molecule has 1 aliphatic rings. The Labute approximate surface area is 165 Å². The van der Waals surface area contributed by atoms with Crippen molar-refractivity contribution in [3.8, 4) is 17.1 Å². The average molecular weight is 428 g/mol. The van der Waals surface area contributed by atoms with Crippen molar-refractivity contribution in [3.63, 3.8) is 0 Å². The van der Waals surface area contributed by atoms with E-state index in [2.05, 4.69) is 26.1 Å². The highest BCUT2D eigenvalue weighted by molar-refractivity contribution is 9.10. The van der Waals surface area contributed by atoms with Crippen molar-refractivity contribution in [2.45, 2.75) is 18.9 Å². The number of halogens is 1. The third kappa shape index (κ3) is 3.60. The topological polar surface area (TPSA) is 68.5 Å². The molecule has 2 heterocycles. The molecule has 0 spiro atoms. The van der Waals surface area contributed by atoms with E-state index in [1.165, 1.54) is 0 Å². The monoisotopic (exact) mass is 427 g/mol. The number of hydrogen-bond donors (Lipinski definition) is 0. The summed E-state index contributed by atoms with van der Waals surface area (Å²) >= 11 is 3.42. The SMILES string of the molecule is COc1cccc(C(=O)N2CCCC2c2nc(-c3ccc(Br)cc3)no2)c1. The van der Waals surface area contributed by atoms with Gasteiger partial charge in [0.05, 0.1) is 7.11 Å². The zero-order valence-corrected chi connectivity index (χ0v) is 16.3. The Balaban J connectivity index is 1.58. The minimum atomic E-state index is -0.208. The van der Waals surface area contributed by atoms with Crippen molar-refractivity contribution < 1.29 is 14.1 Å². The molecule has 6 nitrogen and oxygen atoms in total. The summed E-state index contributed by atoms with van der Waals surface area (Å²) in [6.45, 7) is 0.663. The highest BCUT2D eigenvalue weighted by atomic mass is 79.9. The number of methoxy groups -OCH3 is 1. The van der Waals surface area contributed by atoms with Gasteiger partial charge in [0.2, 0.25) is 11.7 Å². The van der Waals surface area contributed by atoms with Gasteiger partial charge in [0.15, 0.2) is 0 Å². The first-order valence-electron chi connectivity index (χ1n) is 8.70. The molecule has 138 valence electrons. The van der Waals surface area contributed by atoms with Crippen molar-refractivity contribution >= 4 is 21.8 Å². The van der Waals surface area contributed by atoms with E-state index in [4.69, 9.17) is 9.26 Å². The number of hydrogen-bond acceptors (Lipinski definition) is 5. The van der Waals surface area contributed by atoms with Crippen LogP contribution in [0.15, 0.2) is 57.5 Å². The molecule has 1 atom stereocenters. The lowest BCUT2D eigenvalue weighted by atomic mass is 10.1. The predicted molar refractivity (Wildman–Crippen MR) is 103 cm³/mol. The molecule has 0 aliphatic carbocycles. The second-order valence-corrected chi connectivity index (χ2v) is 7.27. The van der Waals surface area contributed by atoms with Gasteiger partial charge < -0.3 is 14.2 Å². The lowest BCUT2D eigenvalue weighted by Crippen LogP contribution is -2.30. The fourth-order valence-corrected chi connectivity index (χ4v) is 3.54. The van der Waals surface area contributed by atoms with Crippen LogP contribution in [0.25, 0.3) is 11.4 Å². The van der Waals surface area contributed by atoms with Crippen LogP contribution >= 0.6 is 15.9 Å². The van der Waals surface area contributed by atoms with E-state index in [9.17, 15) is 4.79 Å². The van der Waals surface area contributed by atoms with Gasteiger partial charge >= 0.3 is 0 Å². The van der Waals surface area contributed by atoms with Crippen LogP contribution in [-0.4, -0.2) is 34.6 Å². The van der Waals surface area contributed by atoms with Crippen LogP contribution in [0.5, 0.6) is 5.75 Å². The number of nitrogens with zero attached hydrogens (tertiary/aromatic N) is 3. The van der Waals surface area contributed by atoms with Gasteiger partial charge in [0.1, 0.15) is 11.8 Å². The molecule has 2 aromatic carbocycles. The first-order chi connectivity index (χ1) is 13.2. The van der Waals surface area contributed by atoms with Crippen molar-refractivity contribution in [3.05, 3.63) is 64.5 Å². The van der Waals surface area contributed by atoms with E-state index in [1.54, 1.807) is 24.1 Å². The molecular weight excluding hydrogens is 410 g/mol. The van der Waals surface area contributed by atoms with E-state index in [-0.39, 0.29) is 11.9 Å². The minimum Gasteiger partial charge on any atom is -0.497 e. The van der Waals surface area contributed by atoms with E-state index < -0.39 is 0 Å². The lowest BCUT2D eigenvalue weighted by Gasteiger charge is -2.22. The second-order valence-electron chi connectivity index (χ2n) is 6.35. The van der Waals surface area contributed by atoms with Crippen LogP contribution < -0.4 is 4.74 Å². The van der Waals surface area contributed by atoms with Crippen LogP contribution in [0.1, 0.15) is 35.1 Å². The molecule has 0 N–H and O–H groups in total. The zero-order chi connectivity index (χ0) is 18.8. The number of carbonyl (C=O) groups excluding carboxylic acids is 1. The number of likely N-dealkylation sites (tertiary alicyclic amines) is 1. The minimum absolute atomic E-state index is 0.0557. The molecule has 1 aliphatic heterocycles. The van der Waals surface area contributed by atoms with Gasteiger partial charge in [0, 0.05) is 22.1 Å². The Kier molecular flexibility index (Phi) is 4.94. The Bertz CT molecular complexity index is 955. The van der Waals surface area contributed by atoms with Gasteiger partial charge in [-0.1, -0.05) is 27.2 Å².